The van der Waals surface area contributed by atoms with E-state index in [2.05, 4.69) is 42.0 Å². The average Bonchev–Trinajstić information content (AvgIpc) is 3.17. The van der Waals surface area contributed by atoms with Gasteiger partial charge >= 0.3 is 27.6 Å². The molecule has 0 aliphatic heterocycles. The highest BCUT2D eigenvalue weighted by Crippen LogP contribution is 2.43. The fourth-order valence-electron chi connectivity index (χ4n) is 5.60. The first kappa shape index (κ1) is 57.0. The molecule has 0 rings (SSSR count). The second kappa shape index (κ2) is 37.8. The molecule has 4 atom stereocenters. The second-order valence-corrected chi connectivity index (χ2v) is 18.0. The number of allylic oxidation sites excluding steroid dienone is 6. The summed E-state index contributed by atoms with van der Waals surface area (Å²) >= 11 is 0. The Kier molecular flexibility index (Phi) is 36.5. The SMILES string of the molecule is CCCCC/C=C\C/C=C\CC(O)/C=C\C=C\CCCC(=O)O[C@H](COC(=O)CCCCCCCCCCCCCC(C)C)COP(=O)(O)OC[C@@H](O)COP(=O)(O)O. The van der Waals surface area contributed by atoms with Crippen LogP contribution < -0.4 is 0 Å². The van der Waals surface area contributed by atoms with Crippen LogP contribution in [-0.2, 0) is 41.8 Å². The number of hydrogen-bond acceptors (Lipinski definition) is 11. The molecule has 0 aromatic rings. The monoisotopic (exact) mass is 880 g/mol. The number of hydrogen-bond donors (Lipinski definition) is 5. The molecule has 0 saturated heterocycles. The number of phosphoric ester groups is 2. The Hall–Kier alpha value is -1.96. The van der Waals surface area contributed by atoms with Crippen LogP contribution in [0.3, 0.4) is 0 Å². The van der Waals surface area contributed by atoms with Crippen LogP contribution in [0.4, 0.5) is 0 Å². The third-order valence-corrected chi connectivity index (χ3v) is 10.4. The molecule has 0 radical (unpaired) electrons. The van der Waals surface area contributed by atoms with Gasteiger partial charge in [-0.2, -0.15) is 0 Å². The van der Waals surface area contributed by atoms with Crippen LogP contribution in [0.1, 0.15) is 162 Å². The van der Waals surface area contributed by atoms with Crippen molar-refractivity contribution in [1.82, 2.24) is 0 Å². The minimum absolute atomic E-state index is 0.00365. The number of unbranched alkanes of at least 4 members (excludes halogenated alkanes) is 14. The largest absolute Gasteiger partial charge is 0.472 e. The highest BCUT2D eigenvalue weighted by Gasteiger charge is 2.28. The van der Waals surface area contributed by atoms with Gasteiger partial charge in [-0.15, -0.1) is 0 Å². The lowest BCUT2D eigenvalue weighted by molar-refractivity contribution is -0.161. The van der Waals surface area contributed by atoms with Crippen molar-refractivity contribution in [3.05, 3.63) is 48.6 Å². The summed E-state index contributed by atoms with van der Waals surface area (Å²) in [5.74, 6) is -0.384. The molecule has 0 amide bonds. The van der Waals surface area contributed by atoms with E-state index >= 15 is 0 Å². The lowest BCUT2D eigenvalue weighted by Gasteiger charge is -2.20. The molecular weight excluding hydrogens is 802 g/mol. The molecule has 16 heteroatoms. The molecule has 0 aromatic carbocycles. The van der Waals surface area contributed by atoms with Gasteiger partial charge in [0.2, 0.25) is 0 Å². The van der Waals surface area contributed by atoms with Crippen molar-refractivity contribution in [2.45, 2.75) is 180 Å². The van der Waals surface area contributed by atoms with Gasteiger partial charge in [0.15, 0.2) is 6.10 Å². The molecular formula is C43H78O14P2. The standard InChI is InChI=1S/C43H78O14P2/c1-4-5-6-7-8-12-16-20-25-30-39(44)31-26-21-18-23-28-33-43(47)57-41(37-56-59(51,52)55-35-40(45)34-54-58(48,49)50)36-53-42(46)32-27-22-17-14-11-9-10-13-15-19-24-29-38(2)3/h8,12,18,20-21,25-26,31,38-41,44-45H,4-7,9-11,13-17,19,22-24,27-30,32-37H2,1-3H3,(H,51,52)(H2,48,49,50)/b12-8-,21-18+,25-20-,31-26-/t39?,40-,41+/m0/s1. The molecule has 0 aromatic heterocycles. The molecule has 0 aliphatic rings. The highest BCUT2D eigenvalue weighted by atomic mass is 31.2. The van der Waals surface area contributed by atoms with Crippen LogP contribution in [0.2, 0.25) is 0 Å². The summed E-state index contributed by atoms with van der Waals surface area (Å²) in [5, 5.41) is 19.9. The lowest BCUT2D eigenvalue weighted by Crippen LogP contribution is -2.29. The Morgan fingerprint density at radius 2 is 1.19 bits per heavy atom. The van der Waals surface area contributed by atoms with E-state index in [1.165, 1.54) is 70.6 Å². The van der Waals surface area contributed by atoms with Crippen LogP contribution in [-0.4, -0.2) is 81.6 Å². The van der Waals surface area contributed by atoms with Gasteiger partial charge < -0.3 is 34.4 Å². The van der Waals surface area contributed by atoms with Gasteiger partial charge in [-0.1, -0.05) is 153 Å². The number of aliphatic hydroxyl groups is 2. The molecule has 0 bridgehead atoms. The van der Waals surface area contributed by atoms with Crippen molar-refractivity contribution in [2.75, 3.05) is 26.4 Å². The summed E-state index contributed by atoms with van der Waals surface area (Å²) in [5.41, 5.74) is 0. The summed E-state index contributed by atoms with van der Waals surface area (Å²) in [6.07, 6.45) is 32.9. The van der Waals surface area contributed by atoms with Crippen molar-refractivity contribution in [1.29, 1.82) is 0 Å². The highest BCUT2D eigenvalue weighted by molar-refractivity contribution is 7.47. The van der Waals surface area contributed by atoms with Crippen molar-refractivity contribution < 1.29 is 66.7 Å². The summed E-state index contributed by atoms with van der Waals surface area (Å²) in [4.78, 5) is 52.6. The van der Waals surface area contributed by atoms with Gasteiger partial charge in [0.05, 0.1) is 25.9 Å². The molecule has 59 heavy (non-hydrogen) atoms. The molecule has 5 N–H and O–H groups in total. The van der Waals surface area contributed by atoms with Gasteiger partial charge in [-0.05, 0) is 50.9 Å². The summed E-state index contributed by atoms with van der Waals surface area (Å²) in [6.45, 7) is 3.86. The first-order valence-electron chi connectivity index (χ1n) is 21.8. The predicted octanol–water partition coefficient (Wildman–Crippen LogP) is 9.89. The van der Waals surface area contributed by atoms with E-state index in [-0.39, 0.29) is 12.8 Å². The van der Waals surface area contributed by atoms with Crippen LogP contribution in [0.5, 0.6) is 0 Å². The summed E-state index contributed by atoms with van der Waals surface area (Å²) < 4.78 is 47.6. The van der Waals surface area contributed by atoms with E-state index in [9.17, 15) is 33.8 Å². The third-order valence-electron chi connectivity index (χ3n) is 8.97. The predicted molar refractivity (Wildman–Crippen MR) is 231 cm³/mol. The normalized spacial score (nSPS) is 15.1. The first-order chi connectivity index (χ1) is 28.1. The van der Waals surface area contributed by atoms with E-state index in [1.807, 2.05) is 18.2 Å². The Bertz CT molecular complexity index is 1260. The van der Waals surface area contributed by atoms with Crippen LogP contribution in [0.15, 0.2) is 48.6 Å². The van der Waals surface area contributed by atoms with Crippen molar-refractivity contribution in [2.24, 2.45) is 5.92 Å². The smallest absolute Gasteiger partial charge is 0.462 e. The van der Waals surface area contributed by atoms with E-state index < -0.39 is 72.3 Å². The number of aliphatic hydroxyl groups excluding tert-OH is 2. The molecule has 0 heterocycles. The van der Waals surface area contributed by atoms with E-state index in [0.29, 0.717) is 25.7 Å². The van der Waals surface area contributed by atoms with Crippen LogP contribution in [0, 0.1) is 5.92 Å². The Morgan fingerprint density at radius 1 is 0.610 bits per heavy atom. The zero-order chi connectivity index (χ0) is 44.0. The van der Waals surface area contributed by atoms with Crippen molar-refractivity contribution in [3.63, 3.8) is 0 Å². The number of phosphoric acid groups is 2. The molecule has 0 saturated carbocycles. The molecule has 14 nitrogen and oxygen atoms in total. The quantitative estimate of drug-likeness (QED) is 0.0127. The van der Waals surface area contributed by atoms with Gasteiger partial charge in [0.1, 0.15) is 12.7 Å². The summed E-state index contributed by atoms with van der Waals surface area (Å²) in [7, 11) is -9.72. The average molecular weight is 881 g/mol. The molecule has 344 valence electrons. The number of carbonyl (C=O) groups is 2. The fraction of sp³-hybridized carbons (Fsp3) is 0.767. The summed E-state index contributed by atoms with van der Waals surface area (Å²) in [6, 6.07) is 0. The van der Waals surface area contributed by atoms with Gasteiger partial charge in [-0.25, -0.2) is 9.13 Å². The van der Waals surface area contributed by atoms with E-state index in [0.717, 1.165) is 38.0 Å². The number of ether oxygens (including phenoxy) is 2. The maximum absolute atomic E-state index is 12.6. The number of carbonyl (C=O) groups excluding carboxylic acids is 2. The van der Waals surface area contributed by atoms with Gasteiger partial charge in [0.25, 0.3) is 0 Å². The van der Waals surface area contributed by atoms with Crippen LogP contribution in [0.25, 0.3) is 0 Å². The van der Waals surface area contributed by atoms with Crippen molar-refractivity contribution in [3.8, 4) is 0 Å². The maximum Gasteiger partial charge on any atom is 0.472 e. The number of esters is 2. The maximum atomic E-state index is 12.6. The van der Waals surface area contributed by atoms with Gasteiger partial charge in [0, 0.05) is 12.8 Å². The van der Waals surface area contributed by atoms with Crippen molar-refractivity contribution >= 4 is 27.6 Å². The number of rotatable bonds is 40. The molecule has 0 aliphatic carbocycles. The molecule has 0 fully saturated rings. The Balaban J connectivity index is 4.70. The van der Waals surface area contributed by atoms with Crippen LogP contribution >= 0.6 is 15.6 Å². The Labute approximate surface area is 354 Å². The second-order valence-electron chi connectivity index (χ2n) is 15.3. The van der Waals surface area contributed by atoms with Gasteiger partial charge in [-0.3, -0.25) is 23.2 Å². The Morgan fingerprint density at radius 3 is 1.83 bits per heavy atom. The zero-order valence-corrected chi connectivity index (χ0v) is 37.9. The fourth-order valence-corrected chi connectivity index (χ4v) is 6.76. The first-order valence-corrected chi connectivity index (χ1v) is 24.8. The zero-order valence-electron chi connectivity index (χ0n) is 36.1. The molecule has 0 spiro atoms. The minimum Gasteiger partial charge on any atom is -0.462 e. The molecule has 2 unspecified atom stereocenters. The van der Waals surface area contributed by atoms with E-state index in [4.69, 9.17) is 23.8 Å². The lowest BCUT2D eigenvalue weighted by atomic mass is 10.0. The third kappa shape index (κ3) is 42.5. The van der Waals surface area contributed by atoms with E-state index in [1.54, 1.807) is 18.2 Å². The minimum atomic E-state index is -4.88. The topological polar surface area (TPSA) is 216 Å².